The zero-order chi connectivity index (χ0) is 14.2. The second-order valence-corrected chi connectivity index (χ2v) is 6.19. The Hall–Kier alpha value is -1.27. The zero-order valence-electron chi connectivity index (χ0n) is 11.1. The normalized spacial score (nSPS) is 11.9. The van der Waals surface area contributed by atoms with Gasteiger partial charge in [0, 0.05) is 10.0 Å². The van der Waals surface area contributed by atoms with Crippen LogP contribution in [0.25, 0.3) is 11.4 Å². The third-order valence-corrected chi connectivity index (χ3v) is 3.25. The van der Waals surface area contributed by atoms with E-state index in [-0.39, 0.29) is 17.9 Å². The lowest BCUT2D eigenvalue weighted by Gasteiger charge is -2.24. The fourth-order valence-electron chi connectivity index (χ4n) is 2.00. The maximum atomic E-state index is 14.0. The molecular formula is C13H16BrFN4. The molecule has 6 heteroatoms. The first kappa shape index (κ1) is 14.1. The van der Waals surface area contributed by atoms with E-state index in [4.69, 9.17) is 5.73 Å². The molecule has 1 aromatic heterocycles. The molecule has 4 nitrogen and oxygen atoms in total. The van der Waals surface area contributed by atoms with E-state index in [2.05, 4.69) is 26.1 Å². The Balaban J connectivity index is 2.69. The Labute approximate surface area is 120 Å². The molecule has 0 aliphatic carbocycles. The van der Waals surface area contributed by atoms with Crippen molar-refractivity contribution < 1.29 is 4.39 Å². The highest BCUT2D eigenvalue weighted by Crippen LogP contribution is 2.29. The van der Waals surface area contributed by atoms with Crippen LogP contribution in [-0.4, -0.2) is 14.8 Å². The van der Waals surface area contributed by atoms with Crippen LogP contribution in [0, 0.1) is 5.82 Å². The maximum absolute atomic E-state index is 14.0. The number of nitrogens with two attached hydrogens (primary N) is 1. The summed E-state index contributed by atoms with van der Waals surface area (Å²) >= 11 is 3.34. The summed E-state index contributed by atoms with van der Waals surface area (Å²) in [6, 6.07) is 4.76. The molecule has 0 fully saturated rings. The highest BCUT2D eigenvalue weighted by atomic mass is 79.9. The van der Waals surface area contributed by atoms with E-state index in [1.807, 2.05) is 25.3 Å². The third-order valence-electron chi connectivity index (χ3n) is 2.75. The molecule has 0 aliphatic heterocycles. The Morgan fingerprint density at radius 1 is 1.32 bits per heavy atom. The Bertz CT molecular complexity index is 601. The number of nitrogens with zero attached hydrogens (tertiary/aromatic N) is 3. The van der Waals surface area contributed by atoms with E-state index in [1.165, 1.54) is 6.07 Å². The van der Waals surface area contributed by atoms with E-state index in [9.17, 15) is 4.39 Å². The molecule has 102 valence electrons. The van der Waals surface area contributed by atoms with Crippen LogP contribution in [0.3, 0.4) is 0 Å². The summed E-state index contributed by atoms with van der Waals surface area (Å²) in [4.78, 5) is 0. The highest BCUT2D eigenvalue weighted by molar-refractivity contribution is 9.10. The van der Waals surface area contributed by atoms with Crippen molar-refractivity contribution in [2.75, 3.05) is 0 Å². The standard InChI is InChI=1S/C13H16BrFN4/c1-13(2,3)19-11(7-16)17-18-12(19)9-6-8(14)4-5-10(9)15/h4-6H,7,16H2,1-3H3. The molecule has 0 saturated heterocycles. The van der Waals surface area contributed by atoms with Gasteiger partial charge in [-0.1, -0.05) is 15.9 Å². The first-order chi connectivity index (χ1) is 8.84. The average Bonchev–Trinajstić information content (AvgIpc) is 2.75. The predicted molar refractivity (Wildman–Crippen MR) is 76.0 cm³/mol. The van der Waals surface area contributed by atoms with E-state index >= 15 is 0 Å². The van der Waals surface area contributed by atoms with Crippen molar-refractivity contribution in [3.05, 3.63) is 34.3 Å². The molecule has 0 unspecified atom stereocenters. The summed E-state index contributed by atoms with van der Waals surface area (Å²) in [6.45, 7) is 6.29. The Kier molecular flexibility index (Phi) is 3.73. The highest BCUT2D eigenvalue weighted by Gasteiger charge is 2.24. The van der Waals surface area contributed by atoms with Crippen molar-refractivity contribution in [2.45, 2.75) is 32.9 Å². The van der Waals surface area contributed by atoms with Crippen molar-refractivity contribution in [3.63, 3.8) is 0 Å². The fraction of sp³-hybridized carbons (Fsp3) is 0.385. The molecule has 2 rings (SSSR count). The minimum atomic E-state index is -0.329. The van der Waals surface area contributed by atoms with Gasteiger partial charge in [-0.2, -0.15) is 0 Å². The van der Waals surface area contributed by atoms with E-state index < -0.39 is 0 Å². The number of halogens is 2. The molecule has 0 atom stereocenters. The van der Waals surface area contributed by atoms with Crippen molar-refractivity contribution in [1.29, 1.82) is 0 Å². The molecule has 0 bridgehead atoms. The average molecular weight is 327 g/mol. The minimum absolute atomic E-state index is 0.264. The first-order valence-electron chi connectivity index (χ1n) is 5.95. The third kappa shape index (κ3) is 2.69. The van der Waals surface area contributed by atoms with E-state index in [0.29, 0.717) is 17.2 Å². The lowest BCUT2D eigenvalue weighted by atomic mass is 10.1. The van der Waals surface area contributed by atoms with Gasteiger partial charge in [0.15, 0.2) is 5.82 Å². The van der Waals surface area contributed by atoms with Gasteiger partial charge >= 0.3 is 0 Å². The molecule has 1 heterocycles. The maximum Gasteiger partial charge on any atom is 0.167 e. The smallest absolute Gasteiger partial charge is 0.167 e. The van der Waals surface area contributed by atoms with Gasteiger partial charge in [-0.15, -0.1) is 10.2 Å². The molecule has 0 spiro atoms. The van der Waals surface area contributed by atoms with Crippen molar-refractivity contribution >= 4 is 15.9 Å². The summed E-state index contributed by atoms with van der Waals surface area (Å²) in [6.07, 6.45) is 0. The first-order valence-corrected chi connectivity index (χ1v) is 6.74. The van der Waals surface area contributed by atoms with Crippen LogP contribution in [0.5, 0.6) is 0 Å². The summed E-state index contributed by atoms with van der Waals surface area (Å²) in [5.41, 5.74) is 5.82. The number of hydrogen-bond acceptors (Lipinski definition) is 3. The van der Waals surface area contributed by atoms with Gasteiger partial charge in [0.05, 0.1) is 12.1 Å². The zero-order valence-corrected chi connectivity index (χ0v) is 12.7. The van der Waals surface area contributed by atoms with Crippen LogP contribution in [0.2, 0.25) is 0 Å². The summed E-state index contributed by atoms with van der Waals surface area (Å²) in [5, 5.41) is 8.15. The topological polar surface area (TPSA) is 56.7 Å². The fourth-order valence-corrected chi connectivity index (χ4v) is 2.36. The number of rotatable bonds is 2. The lowest BCUT2D eigenvalue weighted by molar-refractivity contribution is 0.386. The van der Waals surface area contributed by atoms with Crippen molar-refractivity contribution in [2.24, 2.45) is 5.73 Å². The van der Waals surface area contributed by atoms with Crippen LogP contribution in [0.1, 0.15) is 26.6 Å². The second kappa shape index (κ2) is 5.02. The van der Waals surface area contributed by atoms with E-state index in [1.54, 1.807) is 12.1 Å². The van der Waals surface area contributed by atoms with Crippen LogP contribution in [-0.2, 0) is 12.1 Å². The number of benzene rings is 1. The molecule has 0 aliphatic rings. The molecule has 19 heavy (non-hydrogen) atoms. The van der Waals surface area contributed by atoms with Crippen LogP contribution < -0.4 is 5.73 Å². The molecule has 0 radical (unpaired) electrons. The Morgan fingerprint density at radius 2 is 2.00 bits per heavy atom. The van der Waals surface area contributed by atoms with Crippen LogP contribution >= 0.6 is 15.9 Å². The van der Waals surface area contributed by atoms with Gasteiger partial charge in [-0.25, -0.2) is 4.39 Å². The number of aromatic nitrogens is 3. The van der Waals surface area contributed by atoms with Gasteiger partial charge < -0.3 is 10.3 Å². The summed E-state index contributed by atoms with van der Waals surface area (Å²) in [5.74, 6) is 0.804. The second-order valence-electron chi connectivity index (χ2n) is 5.27. The summed E-state index contributed by atoms with van der Waals surface area (Å²) in [7, 11) is 0. The summed E-state index contributed by atoms with van der Waals surface area (Å²) < 4.78 is 16.7. The lowest BCUT2D eigenvalue weighted by Crippen LogP contribution is -2.26. The van der Waals surface area contributed by atoms with Crippen LogP contribution in [0.15, 0.2) is 22.7 Å². The van der Waals surface area contributed by atoms with Gasteiger partial charge in [0.2, 0.25) is 0 Å². The van der Waals surface area contributed by atoms with Crippen molar-refractivity contribution in [3.8, 4) is 11.4 Å². The molecular weight excluding hydrogens is 311 g/mol. The van der Waals surface area contributed by atoms with E-state index in [0.717, 1.165) is 4.47 Å². The SMILES string of the molecule is CC(C)(C)n1c(CN)nnc1-c1cc(Br)ccc1F. The van der Waals surface area contributed by atoms with Gasteiger partial charge in [0.1, 0.15) is 11.6 Å². The minimum Gasteiger partial charge on any atom is -0.324 e. The predicted octanol–water partition coefficient (Wildman–Crippen LogP) is 3.06. The van der Waals surface area contributed by atoms with Gasteiger partial charge in [-0.05, 0) is 39.0 Å². The molecule has 2 aromatic rings. The van der Waals surface area contributed by atoms with Gasteiger partial charge in [0.25, 0.3) is 0 Å². The van der Waals surface area contributed by atoms with Crippen molar-refractivity contribution in [1.82, 2.24) is 14.8 Å². The largest absolute Gasteiger partial charge is 0.324 e. The molecule has 1 aromatic carbocycles. The Morgan fingerprint density at radius 3 is 2.58 bits per heavy atom. The molecule has 0 saturated carbocycles. The monoisotopic (exact) mass is 326 g/mol. The van der Waals surface area contributed by atoms with Gasteiger partial charge in [-0.3, -0.25) is 0 Å². The molecule has 2 N–H and O–H groups in total. The molecule has 0 amide bonds. The van der Waals surface area contributed by atoms with Crippen LogP contribution in [0.4, 0.5) is 4.39 Å². The quantitative estimate of drug-likeness (QED) is 0.922. The number of hydrogen-bond donors (Lipinski definition) is 1.